The van der Waals surface area contributed by atoms with E-state index < -0.39 is 0 Å². The molecule has 0 radical (unpaired) electrons. The minimum Gasteiger partial charge on any atom is -0.454 e. The molecule has 1 atom stereocenters. The van der Waals surface area contributed by atoms with E-state index in [1.165, 1.54) is 12.8 Å². The molecule has 1 aromatic heterocycles. The lowest BCUT2D eigenvalue weighted by Gasteiger charge is -2.31. The number of anilines is 1. The number of nitrogens with zero attached hydrogens (tertiary/aromatic N) is 3. The Kier molecular flexibility index (Phi) is 4.60. The first-order chi connectivity index (χ1) is 12.7. The van der Waals surface area contributed by atoms with E-state index >= 15 is 0 Å². The highest BCUT2D eigenvalue weighted by Crippen LogP contribution is 2.32. The van der Waals surface area contributed by atoms with Crippen LogP contribution in [0.4, 0.5) is 5.82 Å². The molecule has 1 unspecified atom stereocenters. The standard InChI is InChI=1S/C19H22N4O3/c1-13-3-2-6-23(11-13)18-10-20-15(9-21-18)19(24)22-8-14-4-5-16-17(7-14)26-12-25-16/h4-5,7,9-10,13H,2-3,6,8,11-12H2,1H3,(H,22,24). The van der Waals surface area contributed by atoms with E-state index in [2.05, 4.69) is 27.1 Å². The van der Waals surface area contributed by atoms with Crippen molar-refractivity contribution < 1.29 is 14.3 Å². The molecule has 1 saturated heterocycles. The second-order valence-corrected chi connectivity index (χ2v) is 6.82. The fourth-order valence-electron chi connectivity index (χ4n) is 3.32. The molecule has 1 aromatic carbocycles. The highest BCUT2D eigenvalue weighted by molar-refractivity contribution is 5.92. The second kappa shape index (κ2) is 7.19. The topological polar surface area (TPSA) is 76.6 Å². The quantitative estimate of drug-likeness (QED) is 0.908. The molecular formula is C19H22N4O3. The van der Waals surface area contributed by atoms with Crippen LogP contribution in [-0.4, -0.2) is 35.8 Å². The Morgan fingerprint density at radius 3 is 2.96 bits per heavy atom. The number of fused-ring (bicyclic) bond motifs is 1. The largest absolute Gasteiger partial charge is 0.454 e. The molecule has 2 aromatic rings. The molecule has 7 nitrogen and oxygen atoms in total. The molecule has 2 aliphatic rings. The molecule has 136 valence electrons. The summed E-state index contributed by atoms with van der Waals surface area (Å²) in [5.41, 5.74) is 1.26. The van der Waals surface area contributed by atoms with Gasteiger partial charge in [0.1, 0.15) is 11.5 Å². The van der Waals surface area contributed by atoms with Crippen LogP contribution in [0, 0.1) is 5.92 Å². The second-order valence-electron chi connectivity index (χ2n) is 6.82. The van der Waals surface area contributed by atoms with Crippen molar-refractivity contribution in [2.75, 3.05) is 24.8 Å². The number of benzene rings is 1. The highest BCUT2D eigenvalue weighted by atomic mass is 16.7. The Bertz CT molecular complexity index is 794. The molecule has 2 aliphatic heterocycles. The van der Waals surface area contributed by atoms with Gasteiger partial charge in [-0.15, -0.1) is 0 Å². The Morgan fingerprint density at radius 1 is 1.27 bits per heavy atom. The molecular weight excluding hydrogens is 332 g/mol. The first-order valence-corrected chi connectivity index (χ1v) is 8.93. The van der Waals surface area contributed by atoms with Crippen LogP contribution in [0.25, 0.3) is 0 Å². The van der Waals surface area contributed by atoms with Gasteiger partial charge >= 0.3 is 0 Å². The van der Waals surface area contributed by atoms with Crippen LogP contribution in [0.2, 0.25) is 0 Å². The number of hydrogen-bond acceptors (Lipinski definition) is 6. The van der Waals surface area contributed by atoms with E-state index in [1.54, 1.807) is 12.4 Å². The van der Waals surface area contributed by atoms with Crippen LogP contribution in [0.5, 0.6) is 11.5 Å². The summed E-state index contributed by atoms with van der Waals surface area (Å²) < 4.78 is 10.6. The number of carbonyl (C=O) groups is 1. The van der Waals surface area contributed by atoms with E-state index in [-0.39, 0.29) is 12.7 Å². The van der Waals surface area contributed by atoms with Crippen LogP contribution < -0.4 is 19.7 Å². The van der Waals surface area contributed by atoms with Gasteiger partial charge in [0.2, 0.25) is 6.79 Å². The predicted octanol–water partition coefficient (Wildman–Crippen LogP) is 2.37. The van der Waals surface area contributed by atoms with Gasteiger partial charge in [0.25, 0.3) is 5.91 Å². The molecule has 0 saturated carbocycles. The average Bonchev–Trinajstić information content (AvgIpc) is 3.14. The van der Waals surface area contributed by atoms with E-state index in [1.807, 2.05) is 18.2 Å². The fourth-order valence-corrected chi connectivity index (χ4v) is 3.32. The maximum atomic E-state index is 12.3. The number of rotatable bonds is 4. The maximum absolute atomic E-state index is 12.3. The summed E-state index contributed by atoms with van der Waals surface area (Å²) in [5, 5.41) is 2.86. The highest BCUT2D eigenvalue weighted by Gasteiger charge is 2.18. The zero-order valence-corrected chi connectivity index (χ0v) is 14.8. The van der Waals surface area contributed by atoms with Crippen LogP contribution in [0.1, 0.15) is 35.8 Å². The molecule has 1 N–H and O–H groups in total. The lowest BCUT2D eigenvalue weighted by Crippen LogP contribution is -2.35. The molecule has 3 heterocycles. The molecule has 7 heteroatoms. The van der Waals surface area contributed by atoms with Gasteiger partial charge in [0.05, 0.1) is 12.4 Å². The van der Waals surface area contributed by atoms with Gasteiger partial charge < -0.3 is 19.7 Å². The third-order valence-corrected chi connectivity index (χ3v) is 4.74. The van der Waals surface area contributed by atoms with Crippen molar-refractivity contribution >= 4 is 11.7 Å². The lowest BCUT2D eigenvalue weighted by molar-refractivity contribution is 0.0945. The van der Waals surface area contributed by atoms with Crippen molar-refractivity contribution in [1.82, 2.24) is 15.3 Å². The summed E-state index contributed by atoms with van der Waals surface area (Å²) in [7, 11) is 0. The Balaban J connectivity index is 1.36. The van der Waals surface area contributed by atoms with Gasteiger partial charge in [-0.3, -0.25) is 4.79 Å². The van der Waals surface area contributed by atoms with Gasteiger partial charge in [-0.1, -0.05) is 13.0 Å². The van der Waals surface area contributed by atoms with E-state index in [9.17, 15) is 4.79 Å². The van der Waals surface area contributed by atoms with E-state index in [4.69, 9.17) is 9.47 Å². The van der Waals surface area contributed by atoms with E-state index in [0.29, 0.717) is 23.9 Å². The summed E-state index contributed by atoms with van der Waals surface area (Å²) in [6, 6.07) is 5.62. The lowest BCUT2D eigenvalue weighted by atomic mass is 10.0. The number of hydrogen-bond donors (Lipinski definition) is 1. The Hall–Kier alpha value is -2.83. The fraction of sp³-hybridized carbons (Fsp3) is 0.421. The first kappa shape index (κ1) is 16.6. The summed E-state index contributed by atoms with van der Waals surface area (Å²) in [4.78, 5) is 23.3. The summed E-state index contributed by atoms with van der Waals surface area (Å²) in [5.74, 6) is 2.69. The average molecular weight is 354 g/mol. The number of amides is 1. The molecule has 0 spiro atoms. The molecule has 1 amide bonds. The Morgan fingerprint density at radius 2 is 2.15 bits per heavy atom. The van der Waals surface area contributed by atoms with Gasteiger partial charge in [-0.05, 0) is 36.5 Å². The summed E-state index contributed by atoms with van der Waals surface area (Å²) in [6.07, 6.45) is 5.65. The van der Waals surface area contributed by atoms with Gasteiger partial charge in [-0.25, -0.2) is 9.97 Å². The van der Waals surface area contributed by atoms with Gasteiger partial charge in [0.15, 0.2) is 11.5 Å². The number of nitrogens with one attached hydrogen (secondary N) is 1. The van der Waals surface area contributed by atoms with Crippen molar-refractivity contribution in [3.63, 3.8) is 0 Å². The van der Waals surface area contributed by atoms with Crippen molar-refractivity contribution in [3.05, 3.63) is 41.9 Å². The van der Waals surface area contributed by atoms with E-state index in [0.717, 1.165) is 30.2 Å². The summed E-state index contributed by atoms with van der Waals surface area (Å²) in [6.45, 7) is 4.86. The van der Waals surface area contributed by atoms with Crippen LogP contribution in [-0.2, 0) is 6.54 Å². The maximum Gasteiger partial charge on any atom is 0.271 e. The van der Waals surface area contributed by atoms with Crippen LogP contribution >= 0.6 is 0 Å². The monoisotopic (exact) mass is 354 g/mol. The van der Waals surface area contributed by atoms with Gasteiger partial charge in [-0.2, -0.15) is 0 Å². The smallest absolute Gasteiger partial charge is 0.271 e. The SMILES string of the molecule is CC1CCCN(c2cnc(C(=O)NCc3ccc4c(c3)OCO4)cn2)C1. The number of ether oxygens (including phenoxy) is 2. The van der Waals surface area contributed by atoms with Crippen molar-refractivity contribution in [2.24, 2.45) is 5.92 Å². The normalized spacial score (nSPS) is 18.7. The number of carbonyl (C=O) groups excluding carboxylic acids is 1. The Labute approximate surface area is 152 Å². The predicted molar refractivity (Wildman–Crippen MR) is 96.4 cm³/mol. The van der Waals surface area contributed by atoms with Crippen molar-refractivity contribution in [3.8, 4) is 11.5 Å². The number of piperidine rings is 1. The summed E-state index contributed by atoms with van der Waals surface area (Å²) >= 11 is 0. The first-order valence-electron chi connectivity index (χ1n) is 8.93. The minimum absolute atomic E-state index is 0.239. The van der Waals surface area contributed by atoms with Crippen LogP contribution in [0.3, 0.4) is 0 Å². The molecule has 0 aliphatic carbocycles. The zero-order chi connectivity index (χ0) is 17.9. The third-order valence-electron chi connectivity index (χ3n) is 4.74. The third kappa shape index (κ3) is 3.56. The van der Waals surface area contributed by atoms with Crippen LogP contribution in [0.15, 0.2) is 30.6 Å². The molecule has 4 rings (SSSR count). The zero-order valence-electron chi connectivity index (χ0n) is 14.8. The van der Waals surface area contributed by atoms with Crippen molar-refractivity contribution in [2.45, 2.75) is 26.3 Å². The number of aromatic nitrogens is 2. The molecule has 0 bridgehead atoms. The molecule has 26 heavy (non-hydrogen) atoms. The minimum atomic E-state index is -0.242. The van der Waals surface area contributed by atoms with Gasteiger partial charge in [0, 0.05) is 19.6 Å². The molecule has 1 fully saturated rings. The van der Waals surface area contributed by atoms with Crippen molar-refractivity contribution in [1.29, 1.82) is 0 Å².